The van der Waals surface area contributed by atoms with Gasteiger partial charge in [-0.1, -0.05) is 0 Å². The molecule has 1 N–H and O–H groups in total. The monoisotopic (exact) mass is 333 g/mol. The molecule has 0 radical (unpaired) electrons. The molecule has 0 aromatic carbocycles. The van der Waals surface area contributed by atoms with Crippen molar-refractivity contribution in [3.63, 3.8) is 0 Å². The second kappa shape index (κ2) is 6.30. The van der Waals surface area contributed by atoms with Gasteiger partial charge in [-0.15, -0.1) is 22.7 Å². The van der Waals surface area contributed by atoms with Crippen molar-refractivity contribution in [3.8, 4) is 10.6 Å². The number of hydrogen-bond donors (Lipinski definition) is 1. The zero-order valence-electron chi connectivity index (χ0n) is 11.1. The van der Waals surface area contributed by atoms with Crippen molar-refractivity contribution in [1.82, 2.24) is 15.3 Å². The molecule has 1 amide bonds. The van der Waals surface area contributed by atoms with Crippen LogP contribution in [0.2, 0.25) is 0 Å². The molecule has 0 aliphatic rings. The summed E-state index contributed by atoms with van der Waals surface area (Å²) in [5, 5.41) is 10.5. The van der Waals surface area contributed by atoms with Crippen molar-refractivity contribution in [2.45, 2.75) is 0 Å². The number of nitrogens with one attached hydrogen (secondary N) is 1. The molecule has 0 spiro atoms. The summed E-state index contributed by atoms with van der Waals surface area (Å²) in [7, 11) is 1.61. The van der Waals surface area contributed by atoms with Gasteiger partial charge >= 0.3 is 0 Å². The summed E-state index contributed by atoms with van der Waals surface area (Å²) in [6.45, 7) is 0. The minimum atomic E-state index is -0.111. The Labute approximate surface area is 133 Å². The highest BCUT2D eigenvalue weighted by Crippen LogP contribution is 2.26. The fourth-order valence-corrected chi connectivity index (χ4v) is 3.90. The van der Waals surface area contributed by atoms with Crippen molar-refractivity contribution in [1.29, 1.82) is 0 Å². The Kier molecular flexibility index (Phi) is 4.23. The predicted octanol–water partition coefficient (Wildman–Crippen LogP) is 3.86. The van der Waals surface area contributed by atoms with Crippen molar-refractivity contribution >= 4 is 52.1 Å². The van der Waals surface area contributed by atoms with Gasteiger partial charge in [-0.2, -0.15) is 11.3 Å². The van der Waals surface area contributed by atoms with Crippen LogP contribution in [0.3, 0.4) is 0 Å². The topological polar surface area (TPSA) is 54.9 Å². The van der Waals surface area contributed by atoms with E-state index < -0.39 is 0 Å². The van der Waals surface area contributed by atoms with E-state index in [-0.39, 0.29) is 5.91 Å². The van der Waals surface area contributed by atoms with Crippen LogP contribution < -0.4 is 5.32 Å². The molecule has 3 aromatic rings. The smallest absolute Gasteiger partial charge is 0.262 e. The molecule has 0 atom stereocenters. The lowest BCUT2D eigenvalue weighted by Gasteiger charge is -1.90. The van der Waals surface area contributed by atoms with Crippen LogP contribution in [0.4, 0.5) is 0 Å². The third kappa shape index (κ3) is 3.26. The Balaban J connectivity index is 1.74. The van der Waals surface area contributed by atoms with Gasteiger partial charge in [0, 0.05) is 23.4 Å². The van der Waals surface area contributed by atoms with Gasteiger partial charge in [-0.25, -0.2) is 9.97 Å². The highest BCUT2D eigenvalue weighted by Gasteiger charge is 2.07. The quantitative estimate of drug-likeness (QED) is 0.789. The van der Waals surface area contributed by atoms with Crippen LogP contribution in [-0.4, -0.2) is 22.9 Å². The zero-order chi connectivity index (χ0) is 14.7. The van der Waals surface area contributed by atoms with Crippen molar-refractivity contribution < 1.29 is 4.79 Å². The maximum absolute atomic E-state index is 11.5. The predicted molar refractivity (Wildman–Crippen MR) is 89.9 cm³/mol. The van der Waals surface area contributed by atoms with Crippen LogP contribution in [-0.2, 0) is 0 Å². The summed E-state index contributed by atoms with van der Waals surface area (Å²) in [5.74, 6) is -0.111. The van der Waals surface area contributed by atoms with E-state index in [2.05, 4.69) is 26.7 Å². The first-order valence-corrected chi connectivity index (χ1v) is 8.74. The Hall–Kier alpha value is -1.83. The van der Waals surface area contributed by atoms with E-state index >= 15 is 0 Å². The highest BCUT2D eigenvalue weighted by atomic mass is 32.1. The van der Waals surface area contributed by atoms with Crippen molar-refractivity contribution in [3.05, 3.63) is 44.0 Å². The second-order valence-corrected chi connectivity index (χ2v) is 6.77. The number of thiophene rings is 1. The summed E-state index contributed by atoms with van der Waals surface area (Å²) in [6, 6.07) is 2.06. The lowest BCUT2D eigenvalue weighted by Crippen LogP contribution is -2.16. The van der Waals surface area contributed by atoms with Gasteiger partial charge in [0.1, 0.15) is 14.9 Å². The van der Waals surface area contributed by atoms with Gasteiger partial charge in [0.25, 0.3) is 5.91 Å². The van der Waals surface area contributed by atoms with Crippen LogP contribution >= 0.6 is 34.0 Å². The van der Waals surface area contributed by atoms with Crippen LogP contribution in [0.25, 0.3) is 22.7 Å². The molecule has 0 fully saturated rings. The number of rotatable bonds is 4. The second-order valence-electron chi connectivity index (χ2n) is 4.06. The maximum Gasteiger partial charge on any atom is 0.262 e. The van der Waals surface area contributed by atoms with Gasteiger partial charge in [0.15, 0.2) is 0 Å². The zero-order valence-corrected chi connectivity index (χ0v) is 13.5. The van der Waals surface area contributed by atoms with Gasteiger partial charge in [-0.3, -0.25) is 4.79 Å². The van der Waals surface area contributed by atoms with Crippen molar-refractivity contribution in [2.75, 3.05) is 7.05 Å². The average Bonchev–Trinajstić information content (AvgIpc) is 3.23. The minimum Gasteiger partial charge on any atom is -0.354 e. The number of amides is 1. The van der Waals surface area contributed by atoms with E-state index in [4.69, 9.17) is 0 Å². The largest absolute Gasteiger partial charge is 0.354 e. The molecule has 3 rings (SSSR count). The molecule has 7 heteroatoms. The van der Waals surface area contributed by atoms with Crippen LogP contribution in [0.5, 0.6) is 0 Å². The molecule has 3 heterocycles. The molecule has 3 aromatic heterocycles. The van der Waals surface area contributed by atoms with E-state index in [0.29, 0.717) is 4.88 Å². The third-order valence-corrected chi connectivity index (χ3v) is 5.22. The van der Waals surface area contributed by atoms with Gasteiger partial charge in [0.05, 0.1) is 11.9 Å². The normalized spacial score (nSPS) is 11.1. The number of carbonyl (C=O) groups excluding carboxylic acids is 1. The molecule has 0 aliphatic carbocycles. The molecule has 0 aliphatic heterocycles. The standard InChI is InChI=1S/C14H11N3OS3/c1-15-13(18)11-6-16-12(21-11)3-2-10-8-20-14(17-10)9-4-5-19-7-9/h2-8H,1H3,(H,15,18)/b3-2+. The number of nitrogens with zero attached hydrogens (tertiary/aromatic N) is 2. The number of hydrogen-bond acceptors (Lipinski definition) is 6. The highest BCUT2D eigenvalue weighted by molar-refractivity contribution is 7.14. The Morgan fingerprint density at radius 1 is 1.33 bits per heavy atom. The van der Waals surface area contributed by atoms with Crippen LogP contribution in [0.1, 0.15) is 20.4 Å². The van der Waals surface area contributed by atoms with Crippen LogP contribution in [0, 0.1) is 0 Å². The molecular weight excluding hydrogens is 322 g/mol. The first kappa shape index (κ1) is 14.1. The van der Waals surface area contributed by atoms with Crippen molar-refractivity contribution in [2.24, 2.45) is 0 Å². The molecular formula is C14H11N3OS3. The third-order valence-electron chi connectivity index (χ3n) is 2.66. The molecule has 0 unspecified atom stereocenters. The number of carbonyl (C=O) groups is 1. The maximum atomic E-state index is 11.5. The fourth-order valence-electron chi connectivity index (χ4n) is 1.63. The van der Waals surface area contributed by atoms with E-state index in [9.17, 15) is 4.79 Å². The van der Waals surface area contributed by atoms with E-state index in [1.165, 1.54) is 11.3 Å². The van der Waals surface area contributed by atoms with E-state index in [0.717, 1.165) is 21.3 Å². The van der Waals surface area contributed by atoms with Crippen LogP contribution in [0.15, 0.2) is 28.4 Å². The molecule has 21 heavy (non-hydrogen) atoms. The summed E-state index contributed by atoms with van der Waals surface area (Å²) in [4.78, 5) is 20.8. The molecule has 0 saturated heterocycles. The van der Waals surface area contributed by atoms with E-state index in [1.54, 1.807) is 35.9 Å². The Bertz CT molecular complexity index is 771. The Morgan fingerprint density at radius 3 is 3.00 bits per heavy atom. The number of aromatic nitrogens is 2. The average molecular weight is 333 g/mol. The first-order valence-electron chi connectivity index (χ1n) is 6.10. The molecule has 0 bridgehead atoms. The lowest BCUT2D eigenvalue weighted by atomic mass is 10.3. The summed E-state index contributed by atoms with van der Waals surface area (Å²) >= 11 is 4.64. The fraction of sp³-hybridized carbons (Fsp3) is 0.0714. The van der Waals surface area contributed by atoms with Gasteiger partial charge < -0.3 is 5.32 Å². The summed E-state index contributed by atoms with van der Waals surface area (Å²) in [5.41, 5.74) is 2.05. The number of thiazole rings is 2. The lowest BCUT2D eigenvalue weighted by molar-refractivity contribution is 0.0967. The van der Waals surface area contributed by atoms with Gasteiger partial charge in [0.2, 0.25) is 0 Å². The Morgan fingerprint density at radius 2 is 2.24 bits per heavy atom. The first-order chi connectivity index (χ1) is 10.3. The summed E-state index contributed by atoms with van der Waals surface area (Å²) < 4.78 is 0. The molecule has 0 saturated carbocycles. The van der Waals surface area contributed by atoms with Gasteiger partial charge in [-0.05, 0) is 23.6 Å². The SMILES string of the molecule is CNC(=O)c1cnc(/C=C/c2csc(-c3ccsc3)n2)s1. The minimum absolute atomic E-state index is 0.111. The molecule has 4 nitrogen and oxygen atoms in total. The summed E-state index contributed by atoms with van der Waals surface area (Å²) in [6.07, 6.45) is 5.38. The molecule has 106 valence electrons. The van der Waals surface area contributed by atoms with E-state index in [1.807, 2.05) is 22.9 Å².